The molecule has 190 valence electrons. The number of amides is 2. The van der Waals surface area contributed by atoms with Crippen LogP contribution >= 0.6 is 0 Å². The zero-order valence-corrected chi connectivity index (χ0v) is 20.3. The highest BCUT2D eigenvalue weighted by Gasteiger charge is 2.34. The molecule has 3 atom stereocenters. The van der Waals surface area contributed by atoms with Crippen LogP contribution in [-0.4, -0.2) is 67.5 Å². The Bertz CT molecular complexity index is 1330. The normalized spacial score (nSPS) is 17.3. The zero-order valence-electron chi connectivity index (χ0n) is 20.3. The maximum Gasteiger partial charge on any atom is 0.326 e. The Kier molecular flexibility index (Phi) is 7.23. The van der Waals surface area contributed by atoms with E-state index in [2.05, 4.69) is 15.3 Å². The fourth-order valence-corrected chi connectivity index (χ4v) is 4.80. The summed E-state index contributed by atoms with van der Waals surface area (Å²) in [4.78, 5) is 58.4. The van der Waals surface area contributed by atoms with E-state index in [1.807, 2.05) is 31.2 Å². The molecule has 4 rings (SSSR count). The predicted octanol–water partition coefficient (Wildman–Crippen LogP) is 2.95. The summed E-state index contributed by atoms with van der Waals surface area (Å²) in [5.41, 5.74) is 2.08. The number of rotatable bonds is 9. The number of hydrogen-bond donors (Lipinski definition) is 4. The Labute approximate surface area is 207 Å². The second-order valence-corrected chi connectivity index (χ2v) is 9.31. The molecule has 1 aliphatic rings. The van der Waals surface area contributed by atoms with Crippen LogP contribution in [0.4, 0.5) is 0 Å². The lowest BCUT2D eigenvalue weighted by atomic mass is 9.99. The summed E-state index contributed by atoms with van der Waals surface area (Å²) >= 11 is 0. The van der Waals surface area contributed by atoms with Crippen LogP contribution in [-0.2, 0) is 20.8 Å². The van der Waals surface area contributed by atoms with Crippen molar-refractivity contribution in [3.63, 3.8) is 0 Å². The molecule has 10 heteroatoms. The number of nitrogens with zero attached hydrogens (tertiary/aromatic N) is 2. The number of aliphatic carboxylic acids is 2. The number of para-hydroxylation sites is 1. The Hall–Kier alpha value is -3.95. The molecule has 0 saturated carbocycles. The van der Waals surface area contributed by atoms with Crippen LogP contribution in [0.25, 0.3) is 21.8 Å². The number of aromatic amines is 1. The van der Waals surface area contributed by atoms with E-state index in [1.54, 1.807) is 13.0 Å². The van der Waals surface area contributed by atoms with Gasteiger partial charge in [0, 0.05) is 35.7 Å². The van der Waals surface area contributed by atoms with Crippen LogP contribution in [0.2, 0.25) is 0 Å². The summed E-state index contributed by atoms with van der Waals surface area (Å²) in [6.07, 6.45) is 1.89. The molecule has 1 saturated heterocycles. The number of aromatic nitrogens is 2. The van der Waals surface area contributed by atoms with Gasteiger partial charge in [0.1, 0.15) is 17.8 Å². The van der Waals surface area contributed by atoms with Gasteiger partial charge in [-0.2, -0.15) is 0 Å². The quantitative estimate of drug-likeness (QED) is 0.357. The van der Waals surface area contributed by atoms with E-state index in [-0.39, 0.29) is 30.4 Å². The van der Waals surface area contributed by atoms with Gasteiger partial charge in [-0.05, 0) is 30.9 Å². The highest BCUT2D eigenvalue weighted by atomic mass is 16.4. The molecule has 36 heavy (non-hydrogen) atoms. The minimum Gasteiger partial charge on any atom is -0.480 e. The average Bonchev–Trinajstić information content (AvgIpc) is 3.50. The number of H-pyrrole nitrogens is 1. The number of carbonyl (C=O) groups excluding carboxylic acids is 2. The lowest BCUT2D eigenvalue weighted by molar-refractivity contribution is -0.148. The highest BCUT2D eigenvalue weighted by molar-refractivity contribution is 6.10. The molecule has 3 unspecified atom stereocenters. The molecule has 2 amide bonds. The van der Waals surface area contributed by atoms with Crippen molar-refractivity contribution in [1.29, 1.82) is 0 Å². The number of benzene rings is 1. The third-order valence-corrected chi connectivity index (χ3v) is 7.00. The van der Waals surface area contributed by atoms with E-state index in [4.69, 9.17) is 0 Å². The number of likely N-dealkylation sites (tertiary alicyclic amines) is 1. The molecule has 1 aromatic carbocycles. The van der Waals surface area contributed by atoms with E-state index in [0.717, 1.165) is 16.3 Å². The van der Waals surface area contributed by atoms with Gasteiger partial charge in [0.2, 0.25) is 5.91 Å². The number of nitrogens with one attached hydrogen (secondary N) is 2. The standard InChI is InChI=1S/C26H30N4O6/c1-3-14(2)22(26(35)36)29-24(32)19-13-16-15-7-4-5-8-17(15)28-23(16)18(27-19)10-11-21(31)30-12-6-9-20(30)25(33)34/h4-5,7-8,13-14,20,22,28H,3,6,9-12H2,1-2H3,(H,29,32)(H,33,34)(H,35,36). The molecule has 4 N–H and O–H groups in total. The first-order valence-corrected chi connectivity index (χ1v) is 12.2. The molecule has 1 aliphatic heterocycles. The van der Waals surface area contributed by atoms with Gasteiger partial charge < -0.3 is 25.4 Å². The summed E-state index contributed by atoms with van der Waals surface area (Å²) in [7, 11) is 0. The Morgan fingerprint density at radius 3 is 2.64 bits per heavy atom. The van der Waals surface area contributed by atoms with Gasteiger partial charge >= 0.3 is 11.9 Å². The van der Waals surface area contributed by atoms with E-state index in [9.17, 15) is 29.4 Å². The highest BCUT2D eigenvalue weighted by Crippen LogP contribution is 2.29. The van der Waals surface area contributed by atoms with Crippen molar-refractivity contribution >= 4 is 45.6 Å². The second kappa shape index (κ2) is 10.3. The molecule has 2 aromatic heterocycles. The van der Waals surface area contributed by atoms with Crippen molar-refractivity contribution in [3.05, 3.63) is 41.7 Å². The molecule has 0 aliphatic carbocycles. The van der Waals surface area contributed by atoms with Gasteiger partial charge in [0.15, 0.2) is 0 Å². The summed E-state index contributed by atoms with van der Waals surface area (Å²) in [5.74, 6) is -3.28. The number of fused-ring (bicyclic) bond motifs is 3. The molecule has 3 heterocycles. The van der Waals surface area contributed by atoms with E-state index < -0.39 is 29.9 Å². The van der Waals surface area contributed by atoms with Crippen LogP contribution in [0.15, 0.2) is 30.3 Å². The third kappa shape index (κ3) is 4.89. The minimum absolute atomic E-state index is 0.0386. The first kappa shape index (κ1) is 25.2. The molecular formula is C26H30N4O6. The van der Waals surface area contributed by atoms with Crippen LogP contribution < -0.4 is 5.32 Å². The van der Waals surface area contributed by atoms with Gasteiger partial charge in [-0.25, -0.2) is 14.6 Å². The smallest absolute Gasteiger partial charge is 0.326 e. The molecular weight excluding hydrogens is 464 g/mol. The van der Waals surface area contributed by atoms with E-state index >= 15 is 0 Å². The van der Waals surface area contributed by atoms with Crippen molar-refractivity contribution in [1.82, 2.24) is 20.2 Å². The lowest BCUT2D eigenvalue weighted by Gasteiger charge is -2.21. The largest absolute Gasteiger partial charge is 0.480 e. The maximum absolute atomic E-state index is 13.1. The first-order valence-electron chi connectivity index (χ1n) is 12.2. The fourth-order valence-electron chi connectivity index (χ4n) is 4.80. The summed E-state index contributed by atoms with van der Waals surface area (Å²) in [6, 6.07) is 7.32. The van der Waals surface area contributed by atoms with Crippen LogP contribution in [0.3, 0.4) is 0 Å². The molecule has 3 aromatic rings. The predicted molar refractivity (Wildman–Crippen MR) is 133 cm³/mol. The Morgan fingerprint density at radius 2 is 1.94 bits per heavy atom. The summed E-state index contributed by atoms with van der Waals surface area (Å²) < 4.78 is 0. The summed E-state index contributed by atoms with van der Waals surface area (Å²) in [5, 5.41) is 23.2. The van der Waals surface area contributed by atoms with Crippen molar-refractivity contribution in [2.24, 2.45) is 5.92 Å². The number of carboxylic acid groups (broad SMARTS) is 2. The van der Waals surface area contributed by atoms with E-state index in [0.29, 0.717) is 37.0 Å². The first-order chi connectivity index (χ1) is 17.2. The maximum atomic E-state index is 13.1. The topological polar surface area (TPSA) is 153 Å². The second-order valence-electron chi connectivity index (χ2n) is 9.31. The van der Waals surface area contributed by atoms with Crippen LogP contribution in [0.1, 0.15) is 55.7 Å². The molecule has 1 fully saturated rings. The van der Waals surface area contributed by atoms with Gasteiger partial charge in [0.25, 0.3) is 5.91 Å². The molecule has 10 nitrogen and oxygen atoms in total. The van der Waals surface area contributed by atoms with Gasteiger partial charge in [-0.3, -0.25) is 9.59 Å². The third-order valence-electron chi connectivity index (χ3n) is 7.00. The SMILES string of the molecule is CCC(C)C(NC(=O)c1cc2c([nH]c3ccccc32)c(CCC(=O)N2CCCC2C(=O)O)n1)C(=O)O. The Balaban J connectivity index is 1.67. The monoisotopic (exact) mass is 494 g/mol. The number of hydrogen-bond acceptors (Lipinski definition) is 5. The number of pyridine rings is 1. The van der Waals surface area contributed by atoms with Crippen molar-refractivity contribution < 1.29 is 29.4 Å². The average molecular weight is 495 g/mol. The number of carboxylic acids is 2. The van der Waals surface area contributed by atoms with Gasteiger partial charge in [-0.1, -0.05) is 38.5 Å². The van der Waals surface area contributed by atoms with Gasteiger partial charge in [0.05, 0.1) is 11.2 Å². The molecule has 0 bridgehead atoms. The summed E-state index contributed by atoms with van der Waals surface area (Å²) in [6.45, 7) is 4.02. The fraction of sp³-hybridized carbons (Fsp3) is 0.423. The molecule has 0 radical (unpaired) electrons. The Morgan fingerprint density at radius 1 is 1.19 bits per heavy atom. The van der Waals surface area contributed by atoms with Crippen LogP contribution in [0.5, 0.6) is 0 Å². The van der Waals surface area contributed by atoms with Crippen molar-refractivity contribution in [2.45, 2.75) is 58.0 Å². The van der Waals surface area contributed by atoms with Crippen LogP contribution in [0, 0.1) is 5.92 Å². The van der Waals surface area contributed by atoms with Crippen molar-refractivity contribution in [2.75, 3.05) is 6.54 Å². The molecule has 0 spiro atoms. The van der Waals surface area contributed by atoms with Crippen molar-refractivity contribution in [3.8, 4) is 0 Å². The minimum atomic E-state index is -1.12. The number of carbonyl (C=O) groups is 4. The van der Waals surface area contributed by atoms with Gasteiger partial charge in [-0.15, -0.1) is 0 Å². The lowest BCUT2D eigenvalue weighted by Crippen LogP contribution is -2.45. The zero-order chi connectivity index (χ0) is 26.0. The number of aryl methyl sites for hydroxylation is 1. The van der Waals surface area contributed by atoms with E-state index in [1.165, 1.54) is 4.90 Å².